The molecular formula is C17H22N4O. The van der Waals surface area contributed by atoms with Gasteiger partial charge in [-0.1, -0.05) is 0 Å². The van der Waals surface area contributed by atoms with Crippen LogP contribution in [0.5, 0.6) is 0 Å². The Hall–Kier alpha value is -1.88. The Morgan fingerprint density at radius 1 is 1.45 bits per heavy atom. The van der Waals surface area contributed by atoms with Gasteiger partial charge in [0.1, 0.15) is 6.33 Å². The summed E-state index contributed by atoms with van der Waals surface area (Å²) in [6.07, 6.45) is 9.15. The number of imidazole rings is 1. The molecule has 0 aromatic carbocycles. The average molecular weight is 298 g/mol. The number of rotatable bonds is 2. The molecule has 2 saturated carbocycles. The number of nitrogens with zero attached hydrogens (tertiary/aromatic N) is 2. The largest absolute Gasteiger partial charge is 0.348 e. The van der Waals surface area contributed by atoms with E-state index in [1.54, 1.807) is 6.33 Å². The highest BCUT2D eigenvalue weighted by Crippen LogP contribution is 2.54. The molecule has 2 aromatic heterocycles. The summed E-state index contributed by atoms with van der Waals surface area (Å²) in [5.41, 5.74) is 8.95. The smallest absolute Gasteiger partial charge is 0.272 e. The summed E-state index contributed by atoms with van der Waals surface area (Å²) in [7, 11) is 0. The summed E-state index contributed by atoms with van der Waals surface area (Å²) in [5, 5.41) is 3.16. The third-order valence-electron chi connectivity index (χ3n) is 5.48. The number of hydrogen-bond acceptors (Lipinski definition) is 3. The van der Waals surface area contributed by atoms with E-state index in [1.165, 1.54) is 6.42 Å². The highest BCUT2D eigenvalue weighted by Gasteiger charge is 2.52. The van der Waals surface area contributed by atoms with Crippen molar-refractivity contribution in [2.45, 2.75) is 51.1 Å². The fraction of sp³-hybridized carbons (Fsp3) is 0.529. The third-order valence-corrected chi connectivity index (χ3v) is 5.48. The van der Waals surface area contributed by atoms with Gasteiger partial charge in [-0.05, 0) is 62.1 Å². The number of carbonyl (C=O) groups excluding carboxylic acids is 1. The van der Waals surface area contributed by atoms with Crippen molar-refractivity contribution in [1.29, 1.82) is 0 Å². The molecule has 5 nitrogen and oxygen atoms in total. The second-order valence-corrected chi connectivity index (χ2v) is 7.01. The van der Waals surface area contributed by atoms with Crippen molar-refractivity contribution >= 4 is 11.4 Å². The van der Waals surface area contributed by atoms with Gasteiger partial charge in [0.05, 0.1) is 5.52 Å². The molecule has 0 saturated heterocycles. The molecule has 116 valence electrons. The Morgan fingerprint density at radius 2 is 2.18 bits per heavy atom. The minimum Gasteiger partial charge on any atom is -0.348 e. The molecule has 1 atom stereocenters. The molecule has 2 heterocycles. The fourth-order valence-corrected chi connectivity index (χ4v) is 3.81. The van der Waals surface area contributed by atoms with Gasteiger partial charge >= 0.3 is 0 Å². The van der Waals surface area contributed by atoms with E-state index in [1.807, 2.05) is 29.7 Å². The molecular weight excluding hydrogens is 276 g/mol. The van der Waals surface area contributed by atoms with E-state index in [4.69, 9.17) is 5.73 Å². The van der Waals surface area contributed by atoms with Gasteiger partial charge in [-0.2, -0.15) is 0 Å². The summed E-state index contributed by atoms with van der Waals surface area (Å²) < 4.78 is 1.89. The van der Waals surface area contributed by atoms with Gasteiger partial charge in [0, 0.05) is 18.3 Å². The summed E-state index contributed by atoms with van der Waals surface area (Å²) in [6.45, 7) is 2.02. The number of nitrogens with two attached hydrogens (primary N) is 1. The molecule has 1 unspecified atom stereocenters. The Balaban J connectivity index is 1.46. The number of fused-ring (bicyclic) bond motifs is 1. The predicted octanol–water partition coefficient (Wildman–Crippen LogP) is 2.03. The van der Waals surface area contributed by atoms with Gasteiger partial charge in [-0.15, -0.1) is 0 Å². The minimum absolute atomic E-state index is 0.0610. The molecule has 5 heteroatoms. The number of amides is 1. The second-order valence-electron chi connectivity index (χ2n) is 7.01. The maximum absolute atomic E-state index is 12.5. The van der Waals surface area contributed by atoms with Crippen molar-refractivity contribution in [1.82, 2.24) is 14.7 Å². The molecule has 0 bridgehead atoms. The van der Waals surface area contributed by atoms with Crippen molar-refractivity contribution in [3.05, 3.63) is 35.9 Å². The van der Waals surface area contributed by atoms with Crippen molar-refractivity contribution in [2.75, 3.05) is 0 Å². The van der Waals surface area contributed by atoms with E-state index >= 15 is 0 Å². The molecule has 2 aromatic rings. The van der Waals surface area contributed by atoms with Gasteiger partial charge in [-0.25, -0.2) is 4.98 Å². The van der Waals surface area contributed by atoms with Crippen LogP contribution in [0.1, 0.15) is 48.2 Å². The molecule has 1 spiro atoms. The first kappa shape index (κ1) is 13.8. The number of hydrogen-bond donors (Lipinski definition) is 2. The van der Waals surface area contributed by atoms with E-state index in [-0.39, 0.29) is 11.9 Å². The molecule has 1 amide bonds. The van der Waals surface area contributed by atoms with Crippen molar-refractivity contribution < 1.29 is 4.79 Å². The highest BCUT2D eigenvalue weighted by molar-refractivity contribution is 5.99. The van der Waals surface area contributed by atoms with Gasteiger partial charge < -0.3 is 15.5 Å². The molecule has 0 aliphatic heterocycles. The van der Waals surface area contributed by atoms with Crippen molar-refractivity contribution in [3.63, 3.8) is 0 Å². The van der Waals surface area contributed by atoms with Crippen LogP contribution in [0.4, 0.5) is 0 Å². The third kappa shape index (κ3) is 2.20. The van der Waals surface area contributed by atoms with Gasteiger partial charge in [0.2, 0.25) is 0 Å². The van der Waals surface area contributed by atoms with Crippen LogP contribution in [0.25, 0.3) is 5.52 Å². The van der Waals surface area contributed by atoms with Crippen LogP contribution >= 0.6 is 0 Å². The first-order chi connectivity index (χ1) is 10.6. The zero-order valence-electron chi connectivity index (χ0n) is 12.9. The van der Waals surface area contributed by atoms with Gasteiger partial charge in [0.15, 0.2) is 5.69 Å². The second kappa shape index (κ2) is 4.81. The van der Waals surface area contributed by atoms with E-state index < -0.39 is 0 Å². The SMILES string of the molecule is Cc1ccn2cnc(C(=O)NC3CCC4(CC3)CC4N)c2c1. The summed E-state index contributed by atoms with van der Waals surface area (Å²) in [5.74, 6) is -0.0610. The van der Waals surface area contributed by atoms with E-state index in [0.29, 0.717) is 17.2 Å². The van der Waals surface area contributed by atoms with Gasteiger partial charge in [-0.3, -0.25) is 4.79 Å². The van der Waals surface area contributed by atoms with E-state index in [0.717, 1.165) is 36.8 Å². The summed E-state index contributed by atoms with van der Waals surface area (Å²) >= 11 is 0. The van der Waals surface area contributed by atoms with E-state index in [2.05, 4.69) is 10.3 Å². The van der Waals surface area contributed by atoms with Crippen LogP contribution in [-0.2, 0) is 0 Å². The lowest BCUT2D eigenvalue weighted by Crippen LogP contribution is -2.39. The molecule has 3 N–H and O–H groups in total. The van der Waals surface area contributed by atoms with Crippen molar-refractivity contribution in [3.8, 4) is 0 Å². The molecule has 0 radical (unpaired) electrons. The van der Waals surface area contributed by atoms with E-state index in [9.17, 15) is 4.79 Å². The Morgan fingerprint density at radius 3 is 2.86 bits per heavy atom. The molecule has 2 aliphatic carbocycles. The molecule has 2 fully saturated rings. The fourth-order valence-electron chi connectivity index (χ4n) is 3.81. The average Bonchev–Trinajstić information content (AvgIpc) is 2.94. The minimum atomic E-state index is -0.0610. The maximum atomic E-state index is 12.5. The standard InChI is InChI=1S/C17H22N4O/c1-11-4-7-21-10-19-15(13(21)8-11)16(22)20-12-2-5-17(6-3-12)9-14(17)18/h4,7-8,10,12,14H,2-3,5-6,9,18H2,1H3,(H,20,22). The maximum Gasteiger partial charge on any atom is 0.272 e. The van der Waals surface area contributed by atoms with Crippen molar-refractivity contribution in [2.24, 2.45) is 11.1 Å². The lowest BCUT2D eigenvalue weighted by Gasteiger charge is -2.29. The Bertz CT molecular complexity index is 727. The topological polar surface area (TPSA) is 72.4 Å². The van der Waals surface area contributed by atoms with Crippen LogP contribution in [0, 0.1) is 12.3 Å². The monoisotopic (exact) mass is 298 g/mol. The zero-order chi connectivity index (χ0) is 15.3. The highest BCUT2D eigenvalue weighted by atomic mass is 16.2. The van der Waals surface area contributed by atoms with Crippen LogP contribution in [0.2, 0.25) is 0 Å². The Kier molecular flexibility index (Phi) is 3.01. The lowest BCUT2D eigenvalue weighted by atomic mass is 9.83. The van der Waals surface area contributed by atoms with Gasteiger partial charge in [0.25, 0.3) is 5.91 Å². The number of nitrogens with one attached hydrogen (secondary N) is 1. The van der Waals surface area contributed by atoms with Crippen LogP contribution in [0.15, 0.2) is 24.7 Å². The number of aryl methyl sites for hydroxylation is 1. The van der Waals surface area contributed by atoms with Crippen LogP contribution in [-0.4, -0.2) is 27.4 Å². The number of pyridine rings is 1. The van der Waals surface area contributed by atoms with Crippen LogP contribution < -0.4 is 11.1 Å². The van der Waals surface area contributed by atoms with Crippen LogP contribution in [0.3, 0.4) is 0 Å². The predicted molar refractivity (Wildman–Crippen MR) is 84.7 cm³/mol. The number of carbonyl (C=O) groups is 1. The quantitative estimate of drug-likeness (QED) is 0.891. The summed E-state index contributed by atoms with van der Waals surface area (Å²) in [4.78, 5) is 16.8. The first-order valence-corrected chi connectivity index (χ1v) is 8.07. The molecule has 2 aliphatic rings. The molecule has 4 rings (SSSR count). The summed E-state index contributed by atoms with van der Waals surface area (Å²) in [6, 6.07) is 4.66. The zero-order valence-corrected chi connectivity index (χ0v) is 12.9. The lowest BCUT2D eigenvalue weighted by molar-refractivity contribution is 0.0916. The molecule has 22 heavy (non-hydrogen) atoms. The first-order valence-electron chi connectivity index (χ1n) is 8.07. The normalized spacial score (nSPS) is 30.6. The Labute approximate surface area is 129 Å². The number of aromatic nitrogens is 2.